The quantitative estimate of drug-likeness (QED) is 0.816. The van der Waals surface area contributed by atoms with Crippen LogP contribution in [0, 0.1) is 5.82 Å². The fourth-order valence-corrected chi connectivity index (χ4v) is 2.22. The molecule has 15 heavy (non-hydrogen) atoms. The van der Waals surface area contributed by atoms with Crippen LogP contribution < -0.4 is 5.32 Å². The standard InChI is InChI=1S/C11H13ClFNO/c12-9-6-7(13)3-4-8(9)11(15)10-2-1-5-14-10/h3-4,6,10-11,14-15H,1-2,5H2. The van der Waals surface area contributed by atoms with Crippen molar-refractivity contribution in [2.45, 2.75) is 25.0 Å². The second kappa shape index (κ2) is 4.47. The van der Waals surface area contributed by atoms with Crippen LogP contribution in [0.1, 0.15) is 24.5 Å². The third-order valence-corrected chi connectivity index (χ3v) is 3.09. The van der Waals surface area contributed by atoms with Gasteiger partial charge in [0.05, 0.1) is 6.10 Å². The van der Waals surface area contributed by atoms with Gasteiger partial charge in [0.15, 0.2) is 0 Å². The third-order valence-electron chi connectivity index (χ3n) is 2.76. The second-order valence-electron chi connectivity index (χ2n) is 3.81. The molecule has 2 unspecified atom stereocenters. The van der Waals surface area contributed by atoms with Gasteiger partial charge in [0, 0.05) is 16.6 Å². The molecular weight excluding hydrogens is 217 g/mol. The van der Waals surface area contributed by atoms with E-state index in [-0.39, 0.29) is 16.9 Å². The highest BCUT2D eigenvalue weighted by atomic mass is 35.5. The molecule has 0 radical (unpaired) electrons. The minimum atomic E-state index is -0.652. The lowest BCUT2D eigenvalue weighted by Crippen LogP contribution is -2.28. The highest BCUT2D eigenvalue weighted by Gasteiger charge is 2.25. The van der Waals surface area contributed by atoms with Crippen molar-refractivity contribution >= 4 is 11.6 Å². The van der Waals surface area contributed by atoms with Crippen LogP contribution in [-0.2, 0) is 0 Å². The number of rotatable bonds is 2. The lowest BCUT2D eigenvalue weighted by molar-refractivity contribution is 0.137. The van der Waals surface area contributed by atoms with Gasteiger partial charge in [-0.2, -0.15) is 0 Å². The first-order valence-electron chi connectivity index (χ1n) is 5.05. The number of hydrogen-bond donors (Lipinski definition) is 2. The van der Waals surface area contributed by atoms with E-state index in [0.717, 1.165) is 19.4 Å². The van der Waals surface area contributed by atoms with E-state index in [1.165, 1.54) is 12.1 Å². The Bertz CT molecular complexity index is 352. The summed E-state index contributed by atoms with van der Waals surface area (Å²) in [7, 11) is 0. The van der Waals surface area contributed by atoms with Crippen molar-refractivity contribution in [3.05, 3.63) is 34.6 Å². The summed E-state index contributed by atoms with van der Waals surface area (Å²) in [5.74, 6) is -0.379. The summed E-state index contributed by atoms with van der Waals surface area (Å²) in [6.45, 7) is 0.917. The molecule has 1 aliphatic rings. The number of benzene rings is 1. The van der Waals surface area contributed by atoms with E-state index in [4.69, 9.17) is 11.6 Å². The molecule has 0 aromatic heterocycles. The molecule has 0 saturated carbocycles. The molecule has 82 valence electrons. The van der Waals surface area contributed by atoms with E-state index in [9.17, 15) is 9.50 Å². The number of nitrogens with one attached hydrogen (secondary N) is 1. The number of hydrogen-bond acceptors (Lipinski definition) is 2. The molecule has 0 bridgehead atoms. The van der Waals surface area contributed by atoms with E-state index < -0.39 is 6.10 Å². The van der Waals surface area contributed by atoms with Crippen molar-refractivity contribution in [1.82, 2.24) is 5.32 Å². The molecule has 1 heterocycles. The zero-order valence-electron chi connectivity index (χ0n) is 8.21. The Morgan fingerprint density at radius 2 is 2.33 bits per heavy atom. The Kier molecular flexibility index (Phi) is 3.24. The molecular formula is C11H13ClFNO. The maximum absolute atomic E-state index is 12.8. The smallest absolute Gasteiger partial charge is 0.124 e. The molecule has 0 aliphatic carbocycles. The summed E-state index contributed by atoms with van der Waals surface area (Å²) < 4.78 is 12.8. The molecule has 0 amide bonds. The van der Waals surface area contributed by atoms with Crippen LogP contribution in [-0.4, -0.2) is 17.7 Å². The Labute approximate surface area is 93.1 Å². The van der Waals surface area contributed by atoms with E-state index >= 15 is 0 Å². The van der Waals surface area contributed by atoms with Gasteiger partial charge < -0.3 is 10.4 Å². The summed E-state index contributed by atoms with van der Waals surface area (Å²) in [5.41, 5.74) is 0.595. The van der Waals surface area contributed by atoms with Crippen LogP contribution in [0.4, 0.5) is 4.39 Å². The minimum absolute atomic E-state index is 0.0351. The molecule has 1 saturated heterocycles. The second-order valence-corrected chi connectivity index (χ2v) is 4.22. The monoisotopic (exact) mass is 229 g/mol. The van der Waals surface area contributed by atoms with Crippen LogP contribution in [0.3, 0.4) is 0 Å². The first-order valence-corrected chi connectivity index (χ1v) is 5.42. The van der Waals surface area contributed by atoms with Gasteiger partial charge in [-0.1, -0.05) is 17.7 Å². The lowest BCUT2D eigenvalue weighted by Gasteiger charge is -2.19. The molecule has 1 aromatic rings. The van der Waals surface area contributed by atoms with Crippen LogP contribution >= 0.6 is 11.6 Å². The van der Waals surface area contributed by atoms with Crippen LogP contribution in [0.25, 0.3) is 0 Å². The third kappa shape index (κ3) is 2.30. The van der Waals surface area contributed by atoms with Gasteiger partial charge in [0.1, 0.15) is 5.82 Å². The van der Waals surface area contributed by atoms with Crippen molar-refractivity contribution in [3.63, 3.8) is 0 Å². The van der Waals surface area contributed by atoms with Crippen molar-refractivity contribution < 1.29 is 9.50 Å². The van der Waals surface area contributed by atoms with Gasteiger partial charge in [-0.05, 0) is 31.5 Å². The maximum atomic E-state index is 12.8. The van der Waals surface area contributed by atoms with Gasteiger partial charge in [-0.3, -0.25) is 0 Å². The predicted octanol–water partition coefficient (Wildman–Crippen LogP) is 2.26. The molecule has 1 aromatic carbocycles. The number of aliphatic hydroxyl groups is 1. The average Bonchev–Trinajstić information content (AvgIpc) is 2.69. The highest BCUT2D eigenvalue weighted by Crippen LogP contribution is 2.28. The molecule has 2 N–H and O–H groups in total. The minimum Gasteiger partial charge on any atom is -0.387 e. The predicted molar refractivity (Wildman–Crippen MR) is 57.4 cm³/mol. The zero-order valence-corrected chi connectivity index (χ0v) is 8.97. The Morgan fingerprint density at radius 1 is 1.53 bits per heavy atom. The molecule has 0 spiro atoms. The lowest BCUT2D eigenvalue weighted by atomic mass is 10.0. The maximum Gasteiger partial charge on any atom is 0.124 e. The molecule has 4 heteroatoms. The Morgan fingerprint density at radius 3 is 2.93 bits per heavy atom. The van der Waals surface area contributed by atoms with Crippen LogP contribution in [0.5, 0.6) is 0 Å². The topological polar surface area (TPSA) is 32.3 Å². The fraction of sp³-hybridized carbons (Fsp3) is 0.455. The summed E-state index contributed by atoms with van der Waals surface area (Å²) in [6.07, 6.45) is 1.33. The van der Waals surface area contributed by atoms with E-state index in [1.807, 2.05) is 0 Å². The number of halogens is 2. The van der Waals surface area contributed by atoms with Gasteiger partial charge in [0.25, 0.3) is 0 Å². The van der Waals surface area contributed by atoms with Crippen LogP contribution in [0.15, 0.2) is 18.2 Å². The van der Waals surface area contributed by atoms with Crippen molar-refractivity contribution in [1.29, 1.82) is 0 Å². The van der Waals surface area contributed by atoms with Gasteiger partial charge in [-0.25, -0.2) is 4.39 Å². The molecule has 1 fully saturated rings. The summed E-state index contributed by atoms with van der Waals surface area (Å²) in [4.78, 5) is 0. The van der Waals surface area contributed by atoms with Gasteiger partial charge in [0.2, 0.25) is 0 Å². The molecule has 2 nitrogen and oxygen atoms in total. The Balaban J connectivity index is 2.20. The normalized spacial score (nSPS) is 23.0. The zero-order chi connectivity index (χ0) is 10.8. The highest BCUT2D eigenvalue weighted by molar-refractivity contribution is 6.31. The van der Waals surface area contributed by atoms with Crippen molar-refractivity contribution in [2.75, 3.05) is 6.54 Å². The summed E-state index contributed by atoms with van der Waals surface area (Å²) in [5, 5.41) is 13.5. The molecule has 1 aliphatic heterocycles. The van der Waals surface area contributed by atoms with Gasteiger partial charge in [-0.15, -0.1) is 0 Å². The number of aliphatic hydroxyl groups excluding tert-OH is 1. The van der Waals surface area contributed by atoms with Crippen LogP contribution in [0.2, 0.25) is 5.02 Å². The Hall–Kier alpha value is -0.640. The first-order chi connectivity index (χ1) is 7.18. The molecule has 2 rings (SSSR count). The fourth-order valence-electron chi connectivity index (χ4n) is 1.94. The SMILES string of the molecule is OC(c1ccc(F)cc1Cl)C1CCCN1. The van der Waals surface area contributed by atoms with E-state index in [0.29, 0.717) is 5.56 Å². The van der Waals surface area contributed by atoms with Gasteiger partial charge >= 0.3 is 0 Å². The summed E-state index contributed by atoms with van der Waals surface area (Å²) >= 11 is 5.88. The van der Waals surface area contributed by atoms with Crippen molar-refractivity contribution in [3.8, 4) is 0 Å². The summed E-state index contributed by atoms with van der Waals surface area (Å²) in [6, 6.07) is 4.13. The van der Waals surface area contributed by atoms with E-state index in [2.05, 4.69) is 5.32 Å². The largest absolute Gasteiger partial charge is 0.387 e. The van der Waals surface area contributed by atoms with Crippen molar-refractivity contribution in [2.24, 2.45) is 0 Å². The average molecular weight is 230 g/mol. The molecule has 2 atom stereocenters. The first kappa shape index (κ1) is 10.9. The van der Waals surface area contributed by atoms with E-state index in [1.54, 1.807) is 6.07 Å².